The minimum absolute atomic E-state index is 0.0549. The van der Waals surface area contributed by atoms with E-state index in [0.29, 0.717) is 24.9 Å². The Labute approximate surface area is 141 Å². The third kappa shape index (κ3) is 4.22. The first-order valence-corrected chi connectivity index (χ1v) is 7.88. The van der Waals surface area contributed by atoms with Crippen LogP contribution < -0.4 is 5.32 Å². The number of carbonyl (C=O) groups is 2. The molecule has 0 aromatic carbocycles. The standard InChI is InChI=1S/C15H25N5O4/c1-10(12-17-13(18-24-12)15(2,3)4)16-14(22)20-8-11(21)19(9-20)6-7-23-5/h10H,6-9H2,1-5H3,(H,16,22)/t10-/m0/s1. The summed E-state index contributed by atoms with van der Waals surface area (Å²) >= 11 is 0. The van der Waals surface area contributed by atoms with E-state index >= 15 is 0 Å². The van der Waals surface area contributed by atoms with E-state index in [2.05, 4.69) is 15.5 Å². The maximum Gasteiger partial charge on any atom is 0.319 e. The molecule has 0 unspecified atom stereocenters. The molecule has 3 amide bonds. The Morgan fingerprint density at radius 2 is 2.17 bits per heavy atom. The molecule has 0 bridgehead atoms. The Kier molecular flexibility index (Phi) is 5.43. The SMILES string of the molecule is COCCN1CN(C(=O)N[C@@H](C)c2nc(C(C)(C)C)no2)CC1=O. The van der Waals surface area contributed by atoms with Crippen LogP contribution in [0.3, 0.4) is 0 Å². The van der Waals surface area contributed by atoms with Crippen LogP contribution in [0.15, 0.2) is 4.52 Å². The van der Waals surface area contributed by atoms with E-state index in [1.54, 1.807) is 18.9 Å². The van der Waals surface area contributed by atoms with Crippen molar-refractivity contribution in [1.82, 2.24) is 25.3 Å². The van der Waals surface area contributed by atoms with Gasteiger partial charge < -0.3 is 19.5 Å². The minimum atomic E-state index is -0.441. The number of aromatic nitrogens is 2. The number of hydrogen-bond acceptors (Lipinski definition) is 6. The van der Waals surface area contributed by atoms with E-state index in [4.69, 9.17) is 9.26 Å². The first kappa shape index (κ1) is 18.2. The molecule has 1 aliphatic rings. The van der Waals surface area contributed by atoms with E-state index in [9.17, 15) is 9.59 Å². The fourth-order valence-electron chi connectivity index (χ4n) is 2.19. The summed E-state index contributed by atoms with van der Waals surface area (Å²) in [5.41, 5.74) is -0.227. The van der Waals surface area contributed by atoms with Crippen LogP contribution in [-0.4, -0.2) is 65.4 Å². The van der Waals surface area contributed by atoms with Gasteiger partial charge in [-0.15, -0.1) is 0 Å². The summed E-state index contributed by atoms with van der Waals surface area (Å²) in [6.45, 7) is 8.91. The molecule has 0 spiro atoms. The summed E-state index contributed by atoms with van der Waals surface area (Å²) in [6.07, 6.45) is 0. The monoisotopic (exact) mass is 339 g/mol. The van der Waals surface area contributed by atoms with Gasteiger partial charge in [0.15, 0.2) is 5.82 Å². The van der Waals surface area contributed by atoms with Crippen molar-refractivity contribution in [1.29, 1.82) is 0 Å². The number of urea groups is 1. The third-order valence-corrected chi connectivity index (χ3v) is 3.70. The fourth-order valence-corrected chi connectivity index (χ4v) is 2.19. The van der Waals surface area contributed by atoms with Crippen molar-refractivity contribution in [3.63, 3.8) is 0 Å². The Hall–Kier alpha value is -2.16. The topological polar surface area (TPSA) is 101 Å². The van der Waals surface area contributed by atoms with Gasteiger partial charge in [0.25, 0.3) is 0 Å². The molecule has 1 N–H and O–H groups in total. The average molecular weight is 339 g/mol. The van der Waals surface area contributed by atoms with Gasteiger partial charge in [0, 0.05) is 19.1 Å². The van der Waals surface area contributed by atoms with E-state index < -0.39 is 6.04 Å². The maximum absolute atomic E-state index is 12.3. The van der Waals surface area contributed by atoms with Crippen molar-refractivity contribution in [2.75, 3.05) is 33.5 Å². The zero-order chi connectivity index (χ0) is 17.9. The smallest absolute Gasteiger partial charge is 0.319 e. The predicted molar refractivity (Wildman–Crippen MR) is 85.1 cm³/mol. The highest BCUT2D eigenvalue weighted by Gasteiger charge is 2.32. The van der Waals surface area contributed by atoms with Gasteiger partial charge in [-0.05, 0) is 6.92 Å². The van der Waals surface area contributed by atoms with Crippen LogP contribution >= 0.6 is 0 Å². The quantitative estimate of drug-likeness (QED) is 0.855. The van der Waals surface area contributed by atoms with Crippen LogP contribution in [-0.2, 0) is 14.9 Å². The summed E-state index contributed by atoms with van der Waals surface area (Å²) in [6, 6.07) is -0.782. The Balaban J connectivity index is 1.92. The third-order valence-electron chi connectivity index (χ3n) is 3.70. The molecule has 134 valence electrons. The highest BCUT2D eigenvalue weighted by Crippen LogP contribution is 2.21. The summed E-state index contributed by atoms with van der Waals surface area (Å²) in [5.74, 6) is 0.832. The van der Waals surface area contributed by atoms with Crippen LogP contribution in [0, 0.1) is 0 Å². The zero-order valence-electron chi connectivity index (χ0n) is 14.8. The molecule has 1 saturated heterocycles. The summed E-state index contributed by atoms with van der Waals surface area (Å²) in [7, 11) is 1.57. The van der Waals surface area contributed by atoms with Crippen LogP contribution in [0.2, 0.25) is 0 Å². The first-order valence-electron chi connectivity index (χ1n) is 7.88. The first-order chi connectivity index (χ1) is 11.2. The molecule has 0 saturated carbocycles. The van der Waals surface area contributed by atoms with Gasteiger partial charge in [-0.25, -0.2) is 4.79 Å². The van der Waals surface area contributed by atoms with Gasteiger partial charge >= 0.3 is 6.03 Å². The van der Waals surface area contributed by atoms with Crippen molar-refractivity contribution < 1.29 is 18.8 Å². The molecule has 9 heteroatoms. The van der Waals surface area contributed by atoms with Crippen molar-refractivity contribution in [3.8, 4) is 0 Å². The number of amides is 3. The second kappa shape index (κ2) is 7.16. The molecule has 1 aromatic rings. The number of nitrogens with zero attached hydrogens (tertiary/aromatic N) is 4. The normalized spacial score (nSPS) is 16.6. The largest absolute Gasteiger partial charge is 0.383 e. The van der Waals surface area contributed by atoms with Gasteiger partial charge in [0.05, 0.1) is 13.3 Å². The van der Waals surface area contributed by atoms with Crippen LogP contribution in [0.25, 0.3) is 0 Å². The van der Waals surface area contributed by atoms with Gasteiger partial charge in [-0.1, -0.05) is 25.9 Å². The molecule has 2 heterocycles. The lowest BCUT2D eigenvalue weighted by atomic mass is 9.96. The Bertz CT molecular complexity index is 595. The molecule has 1 aliphatic heterocycles. The fraction of sp³-hybridized carbons (Fsp3) is 0.733. The van der Waals surface area contributed by atoms with Gasteiger partial charge in [-0.2, -0.15) is 4.98 Å². The maximum atomic E-state index is 12.3. The molecule has 1 atom stereocenters. The molecule has 0 aliphatic carbocycles. The number of ether oxygens (including phenoxy) is 1. The summed E-state index contributed by atoms with van der Waals surface area (Å²) in [4.78, 5) is 31.5. The minimum Gasteiger partial charge on any atom is -0.383 e. The predicted octanol–water partition coefficient (Wildman–Crippen LogP) is 0.886. The van der Waals surface area contributed by atoms with Gasteiger partial charge in [-0.3, -0.25) is 9.69 Å². The number of nitrogens with one attached hydrogen (secondary N) is 1. The molecule has 1 aromatic heterocycles. The van der Waals surface area contributed by atoms with Crippen molar-refractivity contribution in [2.24, 2.45) is 0 Å². The van der Waals surface area contributed by atoms with E-state index in [1.807, 2.05) is 20.8 Å². The molecule has 9 nitrogen and oxygen atoms in total. The highest BCUT2D eigenvalue weighted by molar-refractivity contribution is 5.87. The molecular formula is C15H25N5O4. The molecule has 1 fully saturated rings. The second-order valence-electron chi connectivity index (χ2n) is 6.87. The number of methoxy groups -OCH3 is 1. The lowest BCUT2D eigenvalue weighted by Gasteiger charge is -2.19. The second-order valence-corrected chi connectivity index (χ2v) is 6.87. The van der Waals surface area contributed by atoms with Crippen LogP contribution in [0.5, 0.6) is 0 Å². The molecule has 2 rings (SSSR count). The lowest BCUT2D eigenvalue weighted by Crippen LogP contribution is -2.41. The van der Waals surface area contributed by atoms with E-state index in [-0.39, 0.29) is 30.6 Å². The van der Waals surface area contributed by atoms with Crippen molar-refractivity contribution in [3.05, 3.63) is 11.7 Å². The molecule has 24 heavy (non-hydrogen) atoms. The summed E-state index contributed by atoms with van der Waals surface area (Å²) in [5, 5.41) is 6.72. The molecule has 0 radical (unpaired) electrons. The summed E-state index contributed by atoms with van der Waals surface area (Å²) < 4.78 is 10.2. The van der Waals surface area contributed by atoms with Crippen LogP contribution in [0.4, 0.5) is 4.79 Å². The van der Waals surface area contributed by atoms with Gasteiger partial charge in [0.1, 0.15) is 12.6 Å². The Morgan fingerprint density at radius 3 is 2.75 bits per heavy atom. The van der Waals surface area contributed by atoms with Crippen molar-refractivity contribution in [2.45, 2.75) is 39.2 Å². The number of carbonyl (C=O) groups excluding carboxylic acids is 2. The zero-order valence-corrected chi connectivity index (χ0v) is 14.8. The average Bonchev–Trinajstić information content (AvgIpc) is 3.11. The lowest BCUT2D eigenvalue weighted by molar-refractivity contribution is -0.127. The number of rotatable bonds is 5. The number of hydrogen-bond donors (Lipinski definition) is 1. The van der Waals surface area contributed by atoms with E-state index in [1.165, 1.54) is 4.90 Å². The highest BCUT2D eigenvalue weighted by atomic mass is 16.5. The molecular weight excluding hydrogens is 314 g/mol. The Morgan fingerprint density at radius 1 is 1.46 bits per heavy atom. The van der Waals surface area contributed by atoms with Crippen molar-refractivity contribution >= 4 is 11.9 Å². The van der Waals surface area contributed by atoms with Gasteiger partial charge in [0.2, 0.25) is 11.8 Å². The van der Waals surface area contributed by atoms with E-state index in [0.717, 1.165) is 0 Å². The van der Waals surface area contributed by atoms with Crippen LogP contribution in [0.1, 0.15) is 45.5 Å².